The second-order valence-corrected chi connectivity index (χ2v) is 6.88. The van der Waals surface area contributed by atoms with Crippen LogP contribution in [0.2, 0.25) is 0 Å². The normalized spacial score (nSPS) is 18.6. The van der Waals surface area contributed by atoms with E-state index in [9.17, 15) is 0 Å². The van der Waals surface area contributed by atoms with Crippen LogP contribution in [0.3, 0.4) is 0 Å². The van der Waals surface area contributed by atoms with Gasteiger partial charge in [-0.05, 0) is 78.7 Å². The fourth-order valence-corrected chi connectivity index (χ4v) is 4.02. The van der Waals surface area contributed by atoms with E-state index < -0.39 is 0 Å². The van der Waals surface area contributed by atoms with Crippen molar-refractivity contribution in [1.29, 1.82) is 0 Å². The zero-order valence-corrected chi connectivity index (χ0v) is 13.4. The highest BCUT2D eigenvalue weighted by atomic mass is 127. The Morgan fingerprint density at radius 1 is 1.39 bits per heavy atom. The van der Waals surface area contributed by atoms with Crippen LogP contribution in [0.15, 0.2) is 18.2 Å². The van der Waals surface area contributed by atoms with Gasteiger partial charge in [-0.2, -0.15) is 0 Å². The molecular formula is C14H17IN2S. The topological polar surface area (TPSA) is 20.7 Å². The zero-order valence-electron chi connectivity index (χ0n) is 10.4. The summed E-state index contributed by atoms with van der Waals surface area (Å²) in [5.41, 5.74) is 2.41. The molecule has 1 saturated carbocycles. The summed E-state index contributed by atoms with van der Waals surface area (Å²) in [7, 11) is 0. The molecule has 0 saturated heterocycles. The molecule has 4 heteroatoms. The molecule has 3 rings (SSSR count). The number of hydrogen-bond donors (Lipinski definition) is 1. The van der Waals surface area contributed by atoms with Crippen LogP contribution < -0.4 is 0 Å². The van der Waals surface area contributed by atoms with Gasteiger partial charge in [0.15, 0.2) is 4.77 Å². The Morgan fingerprint density at radius 3 is 2.83 bits per heavy atom. The molecule has 1 unspecified atom stereocenters. The number of nitrogens with one attached hydrogen (secondary N) is 1. The summed E-state index contributed by atoms with van der Waals surface area (Å²) in [6.07, 6.45) is 5.45. The summed E-state index contributed by atoms with van der Waals surface area (Å²) < 4.78 is 4.43. The number of aromatic nitrogens is 2. The van der Waals surface area contributed by atoms with Gasteiger partial charge in [0.05, 0.1) is 11.0 Å². The van der Waals surface area contributed by atoms with Crippen LogP contribution in [-0.2, 0) is 0 Å². The van der Waals surface area contributed by atoms with Gasteiger partial charge in [-0.25, -0.2) is 0 Å². The molecule has 0 radical (unpaired) electrons. The molecule has 2 nitrogen and oxygen atoms in total. The van der Waals surface area contributed by atoms with Gasteiger partial charge < -0.3 is 9.55 Å². The lowest BCUT2D eigenvalue weighted by Crippen LogP contribution is -2.14. The summed E-state index contributed by atoms with van der Waals surface area (Å²) in [5.74, 6) is 0.787. The molecule has 0 spiro atoms. The Bertz CT molecular complexity index is 622. The number of benzene rings is 1. The Kier molecular flexibility index (Phi) is 3.49. The molecule has 1 heterocycles. The molecule has 1 aliphatic carbocycles. The standard InChI is InChI=1S/C14H17IN2S/c1-9(10-4-2-3-5-10)17-13-7-6-11(15)8-12(13)16-14(17)18/h6-10H,2-5H2,1H3,(H,16,18). The van der Waals surface area contributed by atoms with Crippen molar-refractivity contribution in [2.75, 3.05) is 0 Å². The molecule has 1 N–H and O–H groups in total. The Labute approximate surface area is 126 Å². The van der Waals surface area contributed by atoms with Gasteiger partial charge in [0.2, 0.25) is 0 Å². The first-order chi connectivity index (χ1) is 8.66. The van der Waals surface area contributed by atoms with Crippen LogP contribution in [0.25, 0.3) is 11.0 Å². The monoisotopic (exact) mass is 372 g/mol. The first-order valence-corrected chi connectivity index (χ1v) is 8.05. The van der Waals surface area contributed by atoms with Crippen LogP contribution in [0.5, 0.6) is 0 Å². The highest BCUT2D eigenvalue weighted by Gasteiger charge is 2.24. The minimum absolute atomic E-state index is 0.508. The quantitative estimate of drug-likeness (QED) is 0.578. The van der Waals surface area contributed by atoms with Crippen LogP contribution in [0, 0.1) is 14.3 Å². The maximum Gasteiger partial charge on any atom is 0.178 e. The van der Waals surface area contributed by atoms with Crippen molar-refractivity contribution in [1.82, 2.24) is 9.55 Å². The van der Waals surface area contributed by atoms with E-state index >= 15 is 0 Å². The Balaban J connectivity index is 2.10. The van der Waals surface area contributed by atoms with E-state index in [1.54, 1.807) is 0 Å². The van der Waals surface area contributed by atoms with Crippen LogP contribution >= 0.6 is 34.8 Å². The molecule has 0 amide bonds. The molecule has 1 fully saturated rings. The van der Waals surface area contributed by atoms with Gasteiger partial charge >= 0.3 is 0 Å². The largest absolute Gasteiger partial charge is 0.331 e. The maximum absolute atomic E-state index is 5.51. The van der Waals surface area contributed by atoms with Crippen molar-refractivity contribution < 1.29 is 0 Å². The zero-order chi connectivity index (χ0) is 12.7. The lowest BCUT2D eigenvalue weighted by Gasteiger charge is -2.21. The minimum atomic E-state index is 0.508. The predicted octanol–water partition coefficient (Wildman–Crippen LogP) is 5.05. The van der Waals surface area contributed by atoms with Gasteiger partial charge in [0.25, 0.3) is 0 Å². The van der Waals surface area contributed by atoms with Gasteiger partial charge in [0, 0.05) is 9.61 Å². The van der Waals surface area contributed by atoms with E-state index in [4.69, 9.17) is 12.2 Å². The number of aromatic amines is 1. The number of hydrogen-bond acceptors (Lipinski definition) is 1. The van der Waals surface area contributed by atoms with E-state index in [-0.39, 0.29) is 0 Å². The highest BCUT2D eigenvalue weighted by molar-refractivity contribution is 14.1. The molecule has 1 atom stereocenters. The third-order valence-electron chi connectivity index (χ3n) is 4.17. The number of fused-ring (bicyclic) bond motifs is 1. The molecule has 96 valence electrons. The first kappa shape index (κ1) is 12.7. The second kappa shape index (κ2) is 4.96. The summed E-state index contributed by atoms with van der Waals surface area (Å²) >= 11 is 7.85. The lowest BCUT2D eigenvalue weighted by molar-refractivity contribution is 0.365. The third-order valence-corrected chi connectivity index (χ3v) is 5.14. The van der Waals surface area contributed by atoms with Crippen molar-refractivity contribution in [2.45, 2.75) is 38.6 Å². The van der Waals surface area contributed by atoms with Gasteiger partial charge in [-0.3, -0.25) is 0 Å². The number of imidazole rings is 1. The van der Waals surface area contributed by atoms with E-state index in [0.717, 1.165) is 16.2 Å². The smallest absolute Gasteiger partial charge is 0.178 e. The molecule has 1 aromatic heterocycles. The van der Waals surface area contributed by atoms with Crippen molar-refractivity contribution >= 4 is 45.8 Å². The molecule has 0 aliphatic heterocycles. The van der Waals surface area contributed by atoms with Crippen LogP contribution in [-0.4, -0.2) is 9.55 Å². The van der Waals surface area contributed by atoms with E-state index in [0.29, 0.717) is 6.04 Å². The number of rotatable bonds is 2. The maximum atomic E-state index is 5.51. The summed E-state index contributed by atoms with van der Waals surface area (Å²) in [6, 6.07) is 7.02. The lowest BCUT2D eigenvalue weighted by atomic mass is 9.99. The second-order valence-electron chi connectivity index (χ2n) is 5.25. The van der Waals surface area contributed by atoms with E-state index in [1.165, 1.54) is 34.8 Å². The molecule has 0 bridgehead atoms. The average Bonchev–Trinajstić information content (AvgIpc) is 2.94. The first-order valence-electron chi connectivity index (χ1n) is 6.56. The fraction of sp³-hybridized carbons (Fsp3) is 0.500. The molecule has 18 heavy (non-hydrogen) atoms. The Hall–Kier alpha value is -0.360. The summed E-state index contributed by atoms with van der Waals surface area (Å²) in [6.45, 7) is 2.32. The molecule has 1 aromatic carbocycles. The summed E-state index contributed by atoms with van der Waals surface area (Å²) in [4.78, 5) is 3.35. The van der Waals surface area contributed by atoms with Crippen molar-refractivity contribution in [3.8, 4) is 0 Å². The molecule has 1 aliphatic rings. The van der Waals surface area contributed by atoms with Gasteiger partial charge in [0.1, 0.15) is 0 Å². The van der Waals surface area contributed by atoms with Gasteiger partial charge in [-0.1, -0.05) is 12.8 Å². The van der Waals surface area contributed by atoms with Crippen molar-refractivity contribution in [3.05, 3.63) is 26.5 Å². The number of halogens is 1. The molecular weight excluding hydrogens is 355 g/mol. The SMILES string of the molecule is CC(C1CCCC1)n1c(=S)[nH]c2cc(I)ccc21. The summed E-state index contributed by atoms with van der Waals surface area (Å²) in [5, 5.41) is 0. The highest BCUT2D eigenvalue weighted by Crippen LogP contribution is 2.35. The third kappa shape index (κ3) is 2.13. The van der Waals surface area contributed by atoms with Crippen LogP contribution in [0.1, 0.15) is 38.6 Å². The Morgan fingerprint density at radius 2 is 2.11 bits per heavy atom. The van der Waals surface area contributed by atoms with E-state index in [2.05, 4.69) is 57.3 Å². The predicted molar refractivity (Wildman–Crippen MR) is 86.5 cm³/mol. The number of H-pyrrole nitrogens is 1. The molecule has 2 aromatic rings. The van der Waals surface area contributed by atoms with E-state index in [1.807, 2.05) is 0 Å². The average molecular weight is 372 g/mol. The minimum Gasteiger partial charge on any atom is -0.331 e. The van der Waals surface area contributed by atoms with Crippen LogP contribution in [0.4, 0.5) is 0 Å². The number of nitrogens with zero attached hydrogens (tertiary/aromatic N) is 1. The fourth-order valence-electron chi connectivity index (χ4n) is 3.16. The van der Waals surface area contributed by atoms with Crippen molar-refractivity contribution in [2.24, 2.45) is 5.92 Å². The van der Waals surface area contributed by atoms with Gasteiger partial charge in [-0.15, -0.1) is 0 Å². The van der Waals surface area contributed by atoms with Crippen molar-refractivity contribution in [3.63, 3.8) is 0 Å².